The molecule has 0 spiro atoms. The van der Waals surface area contributed by atoms with Crippen LogP contribution in [0.1, 0.15) is 37.4 Å². The number of hydrogen-bond acceptors (Lipinski definition) is 3. The van der Waals surface area contributed by atoms with Gasteiger partial charge in [0.1, 0.15) is 5.01 Å². The minimum Gasteiger partial charge on any atom is -0.346 e. The van der Waals surface area contributed by atoms with Crippen molar-refractivity contribution in [2.24, 2.45) is 0 Å². The maximum atomic E-state index is 12.1. The summed E-state index contributed by atoms with van der Waals surface area (Å²) in [7, 11) is 1.89. The van der Waals surface area contributed by atoms with Gasteiger partial charge >= 0.3 is 0 Å². The zero-order valence-electron chi connectivity index (χ0n) is 13.6. The van der Waals surface area contributed by atoms with E-state index < -0.39 is 0 Å². The van der Waals surface area contributed by atoms with Crippen LogP contribution in [0.3, 0.4) is 0 Å². The van der Waals surface area contributed by atoms with E-state index in [-0.39, 0.29) is 5.91 Å². The van der Waals surface area contributed by atoms with Crippen LogP contribution in [-0.4, -0.2) is 29.4 Å². The second kappa shape index (κ2) is 8.08. The van der Waals surface area contributed by atoms with Crippen molar-refractivity contribution in [3.8, 4) is 10.6 Å². The molecule has 0 aliphatic carbocycles. The zero-order chi connectivity index (χ0) is 15.9. The van der Waals surface area contributed by atoms with Crippen molar-refractivity contribution in [2.75, 3.05) is 13.6 Å². The second-order valence-corrected chi connectivity index (χ2v) is 6.49. The lowest BCUT2D eigenvalue weighted by Gasteiger charge is -2.16. The van der Waals surface area contributed by atoms with Crippen LogP contribution >= 0.6 is 11.3 Å². The molecule has 0 saturated carbocycles. The molecular formula is C18H24N2OS. The van der Waals surface area contributed by atoms with E-state index in [9.17, 15) is 4.79 Å². The first kappa shape index (κ1) is 16.7. The number of unbranched alkanes of at least 4 members (excludes halogenated alkanes) is 1. The summed E-state index contributed by atoms with van der Waals surface area (Å²) >= 11 is 1.65. The van der Waals surface area contributed by atoms with Gasteiger partial charge < -0.3 is 4.90 Å². The fraction of sp³-hybridized carbons (Fsp3) is 0.444. The van der Waals surface area contributed by atoms with Crippen LogP contribution in [0.4, 0.5) is 0 Å². The first-order valence-corrected chi connectivity index (χ1v) is 8.74. The summed E-state index contributed by atoms with van der Waals surface area (Å²) in [5.74, 6) is 0.207. The summed E-state index contributed by atoms with van der Waals surface area (Å²) in [6.07, 6.45) is 3.44. The summed E-state index contributed by atoms with van der Waals surface area (Å²) in [5.41, 5.74) is 3.43. The lowest BCUT2D eigenvalue weighted by molar-refractivity contribution is -0.129. The molecule has 0 aliphatic rings. The van der Waals surface area contributed by atoms with E-state index in [2.05, 4.69) is 36.3 Å². The van der Waals surface area contributed by atoms with Crippen LogP contribution in [0.5, 0.6) is 0 Å². The molecule has 0 N–H and O–H groups in total. The number of carbonyl (C=O) groups is 1. The summed E-state index contributed by atoms with van der Waals surface area (Å²) in [6.45, 7) is 5.09. The number of amides is 1. The SMILES string of the molecule is CCCCN(C)C(=O)CCc1csc(-c2ccccc2C)n1. The van der Waals surface area contributed by atoms with Crippen molar-refractivity contribution in [2.45, 2.75) is 39.5 Å². The van der Waals surface area contributed by atoms with Crippen LogP contribution in [0, 0.1) is 6.92 Å². The predicted molar refractivity (Wildman–Crippen MR) is 93.2 cm³/mol. The first-order chi connectivity index (χ1) is 10.6. The van der Waals surface area contributed by atoms with Gasteiger partial charge in [-0.3, -0.25) is 4.79 Å². The highest BCUT2D eigenvalue weighted by Gasteiger charge is 2.11. The van der Waals surface area contributed by atoms with Gasteiger partial charge in [0.2, 0.25) is 5.91 Å². The smallest absolute Gasteiger partial charge is 0.222 e. The highest BCUT2D eigenvalue weighted by atomic mass is 32.1. The molecule has 118 valence electrons. The average Bonchev–Trinajstić information content (AvgIpc) is 2.99. The van der Waals surface area contributed by atoms with Gasteiger partial charge in [0.25, 0.3) is 0 Å². The largest absolute Gasteiger partial charge is 0.346 e. The molecule has 0 aliphatic heterocycles. The van der Waals surface area contributed by atoms with Gasteiger partial charge in [0.05, 0.1) is 5.69 Å². The Morgan fingerprint density at radius 1 is 1.32 bits per heavy atom. The van der Waals surface area contributed by atoms with E-state index >= 15 is 0 Å². The molecule has 0 atom stereocenters. The monoisotopic (exact) mass is 316 g/mol. The van der Waals surface area contributed by atoms with Gasteiger partial charge in [0, 0.05) is 31.0 Å². The van der Waals surface area contributed by atoms with Crippen molar-refractivity contribution < 1.29 is 4.79 Å². The maximum Gasteiger partial charge on any atom is 0.222 e. The second-order valence-electron chi connectivity index (χ2n) is 5.63. The van der Waals surface area contributed by atoms with E-state index in [0.717, 1.165) is 36.5 Å². The Labute approximate surface area is 137 Å². The number of nitrogens with zero attached hydrogens (tertiary/aromatic N) is 2. The minimum absolute atomic E-state index is 0.207. The van der Waals surface area contributed by atoms with Crippen molar-refractivity contribution in [3.05, 3.63) is 40.9 Å². The number of benzene rings is 1. The van der Waals surface area contributed by atoms with Gasteiger partial charge in [-0.2, -0.15) is 0 Å². The molecule has 1 amide bonds. The number of thiazole rings is 1. The van der Waals surface area contributed by atoms with Gasteiger partial charge in [0.15, 0.2) is 0 Å². The topological polar surface area (TPSA) is 33.2 Å². The highest BCUT2D eigenvalue weighted by Crippen LogP contribution is 2.26. The molecule has 0 radical (unpaired) electrons. The number of aryl methyl sites for hydroxylation is 2. The molecule has 3 nitrogen and oxygen atoms in total. The third-order valence-corrected chi connectivity index (χ3v) is 4.72. The highest BCUT2D eigenvalue weighted by molar-refractivity contribution is 7.13. The number of hydrogen-bond donors (Lipinski definition) is 0. The summed E-state index contributed by atoms with van der Waals surface area (Å²) < 4.78 is 0. The third-order valence-electron chi connectivity index (χ3n) is 3.80. The molecule has 0 fully saturated rings. The van der Waals surface area contributed by atoms with Crippen LogP contribution in [0.15, 0.2) is 29.6 Å². The molecule has 22 heavy (non-hydrogen) atoms. The Kier molecular flexibility index (Phi) is 6.13. The maximum absolute atomic E-state index is 12.1. The van der Waals surface area contributed by atoms with Gasteiger partial charge in [-0.05, 0) is 25.3 Å². The van der Waals surface area contributed by atoms with Gasteiger partial charge in [-0.25, -0.2) is 4.98 Å². The quantitative estimate of drug-likeness (QED) is 0.762. The van der Waals surface area contributed by atoms with Gasteiger partial charge in [-0.1, -0.05) is 37.6 Å². The van der Waals surface area contributed by atoms with E-state index in [1.807, 2.05) is 24.1 Å². The summed E-state index contributed by atoms with van der Waals surface area (Å²) in [6, 6.07) is 8.28. The van der Waals surface area contributed by atoms with Crippen molar-refractivity contribution in [1.29, 1.82) is 0 Å². The van der Waals surface area contributed by atoms with E-state index in [0.29, 0.717) is 6.42 Å². The van der Waals surface area contributed by atoms with Gasteiger partial charge in [-0.15, -0.1) is 11.3 Å². The minimum atomic E-state index is 0.207. The van der Waals surface area contributed by atoms with E-state index in [4.69, 9.17) is 0 Å². The van der Waals surface area contributed by atoms with Crippen molar-refractivity contribution in [3.63, 3.8) is 0 Å². The number of carbonyl (C=O) groups excluding carboxylic acids is 1. The molecular weight excluding hydrogens is 292 g/mol. The Hall–Kier alpha value is -1.68. The molecule has 0 saturated heterocycles. The van der Waals surface area contributed by atoms with Crippen molar-refractivity contribution >= 4 is 17.2 Å². The Bertz CT molecular complexity index is 621. The van der Waals surface area contributed by atoms with Crippen LogP contribution in [0.25, 0.3) is 10.6 Å². The van der Waals surface area contributed by atoms with Crippen LogP contribution in [0.2, 0.25) is 0 Å². The zero-order valence-corrected chi connectivity index (χ0v) is 14.4. The molecule has 0 bridgehead atoms. The predicted octanol–water partition coefficient (Wildman–Crippen LogP) is 4.31. The van der Waals surface area contributed by atoms with Crippen molar-refractivity contribution in [1.82, 2.24) is 9.88 Å². The lowest BCUT2D eigenvalue weighted by Crippen LogP contribution is -2.27. The fourth-order valence-electron chi connectivity index (χ4n) is 2.30. The normalized spacial score (nSPS) is 10.7. The Morgan fingerprint density at radius 2 is 2.09 bits per heavy atom. The Balaban J connectivity index is 1.93. The fourth-order valence-corrected chi connectivity index (χ4v) is 3.25. The van der Waals surface area contributed by atoms with E-state index in [1.54, 1.807) is 11.3 Å². The molecule has 2 rings (SSSR count). The lowest BCUT2D eigenvalue weighted by atomic mass is 10.1. The first-order valence-electron chi connectivity index (χ1n) is 7.86. The Morgan fingerprint density at radius 3 is 2.82 bits per heavy atom. The van der Waals surface area contributed by atoms with Crippen LogP contribution < -0.4 is 0 Å². The molecule has 1 heterocycles. The summed E-state index contributed by atoms with van der Waals surface area (Å²) in [4.78, 5) is 18.6. The molecule has 1 aromatic heterocycles. The molecule has 2 aromatic rings. The molecule has 0 unspecified atom stereocenters. The standard InChI is InChI=1S/C18H24N2OS/c1-4-5-12-20(3)17(21)11-10-15-13-22-18(19-15)16-9-7-6-8-14(16)2/h6-9,13H,4-5,10-12H2,1-3H3. The van der Waals surface area contributed by atoms with E-state index in [1.165, 1.54) is 11.1 Å². The average molecular weight is 316 g/mol. The number of aromatic nitrogens is 1. The number of rotatable bonds is 7. The molecule has 1 aromatic carbocycles. The summed E-state index contributed by atoms with van der Waals surface area (Å²) in [5, 5.41) is 3.11. The third kappa shape index (κ3) is 4.41. The van der Waals surface area contributed by atoms with Crippen LogP contribution in [-0.2, 0) is 11.2 Å². The molecule has 4 heteroatoms.